The van der Waals surface area contributed by atoms with Crippen LogP contribution in [0.5, 0.6) is 0 Å². The summed E-state index contributed by atoms with van der Waals surface area (Å²) in [5.74, 6) is 0. The molecule has 0 heterocycles. The predicted octanol–water partition coefficient (Wildman–Crippen LogP) is 1.81. The average Bonchev–Trinajstić information content (AvgIpc) is 1.81. The lowest BCUT2D eigenvalue weighted by Gasteiger charge is -1.86. The van der Waals surface area contributed by atoms with Crippen LogP contribution in [0.2, 0.25) is 0 Å². The molecule has 0 spiro atoms. The molecule has 0 aliphatic heterocycles. The number of nitrogens with zero attached hydrogens (tertiary/aromatic N) is 1. The lowest BCUT2D eigenvalue weighted by atomic mass is 10.3. The minimum absolute atomic E-state index is 1.03. The van der Waals surface area contributed by atoms with Crippen LogP contribution >= 0.6 is 0 Å². The third kappa shape index (κ3) is 5.47. The number of rotatable bonds is 4. The first-order valence-electron chi connectivity index (χ1n) is 2.96. The normalized spacial score (nSPS) is 10.2. The van der Waals surface area contributed by atoms with Gasteiger partial charge in [-0.25, -0.2) is 0 Å². The molecule has 2 nitrogen and oxygen atoms in total. The van der Waals surface area contributed by atoms with Crippen molar-refractivity contribution in [2.45, 2.75) is 26.2 Å². The molecule has 8 heavy (non-hydrogen) atoms. The summed E-state index contributed by atoms with van der Waals surface area (Å²) in [5, 5.41) is 3.58. The van der Waals surface area contributed by atoms with Crippen LogP contribution in [-0.2, 0) is 4.84 Å². The minimum atomic E-state index is 1.03. The van der Waals surface area contributed by atoms with E-state index >= 15 is 0 Å². The molecule has 0 atom stereocenters. The Morgan fingerprint density at radius 2 is 2.38 bits per heavy atom. The van der Waals surface area contributed by atoms with E-state index in [0.717, 1.165) is 6.42 Å². The zero-order valence-electron chi connectivity index (χ0n) is 5.55. The van der Waals surface area contributed by atoms with Gasteiger partial charge in [-0.15, -0.1) is 0 Å². The van der Waals surface area contributed by atoms with Crippen molar-refractivity contribution in [3.05, 3.63) is 0 Å². The van der Waals surface area contributed by atoms with Crippen LogP contribution < -0.4 is 0 Å². The average molecular weight is 115 g/mol. The van der Waals surface area contributed by atoms with E-state index in [2.05, 4.69) is 16.9 Å². The number of unbranched alkanes of at least 4 members (excludes halogenated alkanes) is 2. The van der Waals surface area contributed by atoms with E-state index in [1.165, 1.54) is 12.8 Å². The fourth-order valence-electron chi connectivity index (χ4n) is 0.423. The first-order chi connectivity index (χ1) is 3.91. The second kappa shape index (κ2) is 6.47. The Labute approximate surface area is 50.5 Å². The number of oxime groups is 1. The van der Waals surface area contributed by atoms with Crippen LogP contribution in [-0.4, -0.2) is 13.3 Å². The van der Waals surface area contributed by atoms with Crippen LogP contribution in [0.3, 0.4) is 0 Å². The molecule has 0 saturated heterocycles. The molecule has 0 aliphatic rings. The Kier molecular flexibility index (Phi) is 6.04. The molecule has 2 heteroatoms. The molecule has 0 fully saturated rings. The van der Waals surface area contributed by atoms with Crippen molar-refractivity contribution >= 4 is 6.21 Å². The molecule has 0 rings (SSSR count). The van der Waals surface area contributed by atoms with Crippen molar-refractivity contribution in [2.24, 2.45) is 5.16 Å². The van der Waals surface area contributed by atoms with Gasteiger partial charge in [0.2, 0.25) is 0 Å². The Morgan fingerprint density at radius 3 is 2.88 bits per heavy atom. The molecule has 0 aromatic carbocycles. The number of hydrogen-bond donors (Lipinski definition) is 0. The fraction of sp³-hybridized carbons (Fsp3) is 0.833. The zero-order chi connectivity index (χ0) is 6.24. The first-order valence-corrected chi connectivity index (χ1v) is 2.96. The topological polar surface area (TPSA) is 21.6 Å². The van der Waals surface area contributed by atoms with Gasteiger partial charge in [0.05, 0.1) is 0 Å². The van der Waals surface area contributed by atoms with Gasteiger partial charge in [-0.3, -0.25) is 0 Å². The van der Waals surface area contributed by atoms with E-state index in [1.54, 1.807) is 13.3 Å². The van der Waals surface area contributed by atoms with Crippen molar-refractivity contribution in [3.63, 3.8) is 0 Å². The summed E-state index contributed by atoms with van der Waals surface area (Å²) in [4.78, 5) is 4.46. The molecule has 0 N–H and O–H groups in total. The van der Waals surface area contributed by atoms with Crippen LogP contribution in [0.1, 0.15) is 26.2 Å². The van der Waals surface area contributed by atoms with Crippen molar-refractivity contribution in [1.82, 2.24) is 0 Å². The summed E-state index contributed by atoms with van der Waals surface area (Å²) in [6.07, 6.45) is 5.25. The first kappa shape index (κ1) is 7.47. The summed E-state index contributed by atoms with van der Waals surface area (Å²) in [6, 6.07) is 0. The molecule has 0 radical (unpaired) electrons. The molecular weight excluding hydrogens is 102 g/mol. The zero-order valence-corrected chi connectivity index (χ0v) is 5.55. The second-order valence-corrected chi connectivity index (χ2v) is 1.61. The van der Waals surface area contributed by atoms with Gasteiger partial charge in [-0.05, 0) is 12.8 Å². The van der Waals surface area contributed by atoms with Gasteiger partial charge in [-0.1, -0.05) is 18.5 Å². The Morgan fingerprint density at radius 1 is 1.62 bits per heavy atom. The molecule has 0 saturated carbocycles. The fourth-order valence-corrected chi connectivity index (χ4v) is 0.423. The van der Waals surface area contributed by atoms with Crippen LogP contribution in [0.25, 0.3) is 0 Å². The monoisotopic (exact) mass is 115 g/mol. The van der Waals surface area contributed by atoms with Gasteiger partial charge in [0.25, 0.3) is 0 Å². The van der Waals surface area contributed by atoms with Gasteiger partial charge in [0, 0.05) is 6.21 Å². The van der Waals surface area contributed by atoms with Gasteiger partial charge in [0.15, 0.2) is 0 Å². The maximum atomic E-state index is 4.46. The summed E-state index contributed by atoms with van der Waals surface area (Å²) in [7, 11) is 1.56. The van der Waals surface area contributed by atoms with Gasteiger partial charge >= 0.3 is 0 Å². The highest BCUT2D eigenvalue weighted by Gasteiger charge is 1.76. The SMILES string of the molecule is CCCC/C=N/OC. The molecule has 0 bridgehead atoms. The molecule has 48 valence electrons. The standard InChI is InChI=1S/C6H13NO/c1-3-4-5-6-7-8-2/h6H,3-5H2,1-2H3/b7-6+. The molecule has 0 amide bonds. The smallest absolute Gasteiger partial charge is 0.106 e. The maximum Gasteiger partial charge on any atom is 0.106 e. The summed E-state index contributed by atoms with van der Waals surface area (Å²) in [6.45, 7) is 2.15. The molecule has 0 aromatic rings. The maximum absolute atomic E-state index is 4.46. The summed E-state index contributed by atoms with van der Waals surface area (Å²) >= 11 is 0. The van der Waals surface area contributed by atoms with E-state index in [-0.39, 0.29) is 0 Å². The van der Waals surface area contributed by atoms with E-state index in [9.17, 15) is 0 Å². The molecular formula is C6H13NO. The van der Waals surface area contributed by atoms with Gasteiger partial charge in [-0.2, -0.15) is 0 Å². The third-order valence-corrected chi connectivity index (χ3v) is 0.867. The predicted molar refractivity (Wildman–Crippen MR) is 35.0 cm³/mol. The highest BCUT2D eigenvalue weighted by atomic mass is 16.6. The van der Waals surface area contributed by atoms with Crippen LogP contribution in [0.4, 0.5) is 0 Å². The minimum Gasteiger partial charge on any atom is -0.399 e. The Hall–Kier alpha value is -0.530. The van der Waals surface area contributed by atoms with Crippen LogP contribution in [0.15, 0.2) is 5.16 Å². The lowest BCUT2D eigenvalue weighted by molar-refractivity contribution is 0.214. The van der Waals surface area contributed by atoms with Crippen molar-refractivity contribution in [3.8, 4) is 0 Å². The van der Waals surface area contributed by atoms with Gasteiger partial charge in [0.1, 0.15) is 7.11 Å². The highest BCUT2D eigenvalue weighted by molar-refractivity contribution is 5.55. The van der Waals surface area contributed by atoms with E-state index < -0.39 is 0 Å². The summed E-state index contributed by atoms with van der Waals surface area (Å²) in [5.41, 5.74) is 0. The van der Waals surface area contributed by atoms with Crippen LogP contribution in [0, 0.1) is 0 Å². The second-order valence-electron chi connectivity index (χ2n) is 1.61. The third-order valence-electron chi connectivity index (χ3n) is 0.867. The Balaban J connectivity index is 2.80. The molecule has 0 aromatic heterocycles. The van der Waals surface area contributed by atoms with Crippen molar-refractivity contribution in [2.75, 3.05) is 7.11 Å². The lowest BCUT2D eigenvalue weighted by Crippen LogP contribution is -1.75. The van der Waals surface area contributed by atoms with E-state index in [4.69, 9.17) is 0 Å². The van der Waals surface area contributed by atoms with E-state index in [0.29, 0.717) is 0 Å². The van der Waals surface area contributed by atoms with Crippen molar-refractivity contribution < 1.29 is 4.84 Å². The van der Waals surface area contributed by atoms with E-state index in [1.807, 2.05) is 0 Å². The summed E-state index contributed by atoms with van der Waals surface area (Å²) < 4.78 is 0. The molecule has 0 unspecified atom stereocenters. The molecule has 0 aliphatic carbocycles. The van der Waals surface area contributed by atoms with Gasteiger partial charge < -0.3 is 4.84 Å². The highest BCUT2D eigenvalue weighted by Crippen LogP contribution is 1.89. The Bertz CT molecular complexity index is 61.5. The quantitative estimate of drug-likeness (QED) is 0.311. The van der Waals surface area contributed by atoms with Crippen molar-refractivity contribution in [1.29, 1.82) is 0 Å². The largest absolute Gasteiger partial charge is 0.399 e. The number of hydrogen-bond acceptors (Lipinski definition) is 2.